The molecule has 0 aliphatic carbocycles. The highest BCUT2D eigenvalue weighted by atomic mass is 19.4. The second-order valence-corrected chi connectivity index (χ2v) is 6.17. The summed E-state index contributed by atoms with van der Waals surface area (Å²) < 4.78 is 54.2. The fourth-order valence-corrected chi connectivity index (χ4v) is 2.79. The summed E-state index contributed by atoms with van der Waals surface area (Å²) in [5.41, 5.74) is 3.77. The number of unbranched alkanes of at least 4 members (excludes halogenated alkanes) is 1. The summed E-state index contributed by atoms with van der Waals surface area (Å²) in [6, 6.07) is 2.15. The van der Waals surface area contributed by atoms with Crippen LogP contribution < -0.4 is 16.7 Å². The number of nitrogens with zero attached hydrogens (tertiary/aromatic N) is 3. The van der Waals surface area contributed by atoms with Crippen molar-refractivity contribution >= 4 is 17.1 Å². The Kier molecular flexibility index (Phi) is 5.63. The number of aromatic nitrogens is 4. The first-order chi connectivity index (χ1) is 13.3. The van der Waals surface area contributed by atoms with Crippen molar-refractivity contribution < 1.29 is 17.6 Å². The van der Waals surface area contributed by atoms with Gasteiger partial charge in [0.2, 0.25) is 5.95 Å². The number of hydrogen-bond acceptors (Lipinski definition) is 5. The zero-order valence-corrected chi connectivity index (χ0v) is 14.7. The number of halogens is 4. The Hall–Kier alpha value is -2.95. The molecule has 2 heterocycles. The maximum Gasteiger partial charge on any atom is 0.416 e. The first-order valence-electron chi connectivity index (χ1n) is 8.54. The zero-order valence-electron chi connectivity index (χ0n) is 14.7. The van der Waals surface area contributed by atoms with Crippen LogP contribution in [0.15, 0.2) is 29.2 Å². The third kappa shape index (κ3) is 4.30. The van der Waals surface area contributed by atoms with E-state index in [1.54, 1.807) is 0 Å². The molecule has 0 aliphatic heterocycles. The fraction of sp³-hybridized carbons (Fsp3) is 0.353. The molecule has 1 aromatic carbocycles. The van der Waals surface area contributed by atoms with E-state index in [0.717, 1.165) is 29.5 Å². The van der Waals surface area contributed by atoms with Gasteiger partial charge in [0.1, 0.15) is 11.3 Å². The monoisotopic (exact) mass is 398 g/mol. The number of anilines is 1. The van der Waals surface area contributed by atoms with E-state index in [2.05, 4.69) is 20.3 Å². The molecule has 2 aromatic heterocycles. The lowest BCUT2D eigenvalue weighted by atomic mass is 10.1. The Bertz CT molecular complexity index is 1030. The van der Waals surface area contributed by atoms with Crippen molar-refractivity contribution in [3.63, 3.8) is 0 Å². The summed E-state index contributed by atoms with van der Waals surface area (Å²) in [7, 11) is 0. The molecule has 7 nitrogen and oxygen atoms in total. The lowest BCUT2D eigenvalue weighted by Gasteiger charge is -2.13. The third-order valence-electron chi connectivity index (χ3n) is 4.13. The van der Waals surface area contributed by atoms with Gasteiger partial charge in [0, 0.05) is 6.54 Å². The smallest absolute Gasteiger partial charge is 0.354 e. The van der Waals surface area contributed by atoms with Crippen molar-refractivity contribution in [2.75, 3.05) is 18.4 Å². The molecule has 28 heavy (non-hydrogen) atoms. The molecule has 0 unspecified atom stereocenters. The van der Waals surface area contributed by atoms with Crippen LogP contribution in [0.4, 0.5) is 23.5 Å². The largest absolute Gasteiger partial charge is 0.416 e. The lowest BCUT2D eigenvalue weighted by molar-refractivity contribution is -0.138. The molecule has 3 aromatic rings. The van der Waals surface area contributed by atoms with Crippen LogP contribution in [0.25, 0.3) is 11.2 Å². The molecule has 150 valence electrons. The van der Waals surface area contributed by atoms with Crippen LogP contribution in [0.1, 0.15) is 24.0 Å². The van der Waals surface area contributed by atoms with Crippen LogP contribution >= 0.6 is 0 Å². The lowest BCUT2D eigenvalue weighted by Crippen LogP contribution is -2.20. The minimum Gasteiger partial charge on any atom is -0.354 e. The SMILES string of the molecule is NCCCCNc1ncc2[nH]c(=O)n(Cc3cc(F)ccc3C(F)(F)F)c2n1. The number of benzene rings is 1. The van der Waals surface area contributed by atoms with E-state index in [0.29, 0.717) is 19.2 Å². The van der Waals surface area contributed by atoms with Crippen LogP contribution in [-0.2, 0) is 12.7 Å². The van der Waals surface area contributed by atoms with Crippen molar-refractivity contribution in [1.82, 2.24) is 19.5 Å². The van der Waals surface area contributed by atoms with Crippen molar-refractivity contribution in [3.05, 3.63) is 51.8 Å². The maximum atomic E-state index is 13.5. The second kappa shape index (κ2) is 7.97. The molecular formula is C17H18F4N6O. The first-order valence-corrected chi connectivity index (χ1v) is 8.54. The summed E-state index contributed by atoms with van der Waals surface area (Å²) in [5, 5.41) is 2.97. The Morgan fingerprint density at radius 3 is 2.75 bits per heavy atom. The van der Waals surface area contributed by atoms with E-state index >= 15 is 0 Å². The van der Waals surface area contributed by atoms with Gasteiger partial charge in [0.15, 0.2) is 5.65 Å². The van der Waals surface area contributed by atoms with E-state index in [1.165, 1.54) is 6.20 Å². The van der Waals surface area contributed by atoms with E-state index in [-0.39, 0.29) is 22.7 Å². The van der Waals surface area contributed by atoms with Gasteiger partial charge in [-0.3, -0.25) is 4.57 Å². The molecule has 0 spiro atoms. The summed E-state index contributed by atoms with van der Waals surface area (Å²) in [4.78, 5) is 23.0. The van der Waals surface area contributed by atoms with Crippen molar-refractivity contribution in [1.29, 1.82) is 0 Å². The highest BCUT2D eigenvalue weighted by molar-refractivity contribution is 5.71. The van der Waals surface area contributed by atoms with Crippen LogP contribution in [0.5, 0.6) is 0 Å². The minimum absolute atomic E-state index is 0.124. The van der Waals surface area contributed by atoms with Crippen molar-refractivity contribution in [3.8, 4) is 0 Å². The summed E-state index contributed by atoms with van der Waals surface area (Å²) in [6.07, 6.45) is -1.72. The number of aromatic amines is 1. The quantitative estimate of drug-likeness (QED) is 0.419. The molecule has 0 saturated carbocycles. The standard InChI is InChI=1S/C17H18F4N6O/c18-11-3-4-12(17(19,20)21)10(7-11)9-27-14-13(25-16(27)28)8-24-15(26-14)23-6-2-1-5-22/h3-4,7-8H,1-2,5-6,9,22H2,(H,25,28)(H,23,24,26). The minimum atomic E-state index is -4.68. The predicted octanol–water partition coefficient (Wildman–Crippen LogP) is 2.48. The van der Waals surface area contributed by atoms with Crippen LogP contribution in [0.2, 0.25) is 0 Å². The van der Waals surface area contributed by atoms with Crippen LogP contribution in [0.3, 0.4) is 0 Å². The van der Waals surface area contributed by atoms with Crippen molar-refractivity contribution in [2.45, 2.75) is 25.6 Å². The molecule has 3 rings (SSSR count). The number of hydrogen-bond donors (Lipinski definition) is 3. The molecule has 0 amide bonds. The Morgan fingerprint density at radius 2 is 2.04 bits per heavy atom. The number of rotatable bonds is 7. The second-order valence-electron chi connectivity index (χ2n) is 6.17. The number of imidazole rings is 1. The molecule has 11 heteroatoms. The van der Waals surface area contributed by atoms with Gasteiger partial charge in [-0.1, -0.05) is 0 Å². The summed E-state index contributed by atoms with van der Waals surface area (Å²) in [6.45, 7) is 0.614. The van der Waals surface area contributed by atoms with Gasteiger partial charge in [-0.25, -0.2) is 14.2 Å². The molecule has 4 N–H and O–H groups in total. The Labute approximate surface area is 156 Å². The molecule has 0 fully saturated rings. The summed E-state index contributed by atoms with van der Waals surface area (Å²) in [5.74, 6) is -0.597. The van der Waals surface area contributed by atoms with E-state index < -0.39 is 29.8 Å². The van der Waals surface area contributed by atoms with Gasteiger partial charge < -0.3 is 16.0 Å². The zero-order chi connectivity index (χ0) is 20.3. The molecule has 0 saturated heterocycles. The van der Waals surface area contributed by atoms with Gasteiger partial charge in [-0.2, -0.15) is 18.2 Å². The molecule has 0 bridgehead atoms. The number of fused-ring (bicyclic) bond motifs is 1. The topological polar surface area (TPSA) is 102 Å². The Balaban J connectivity index is 1.96. The van der Waals surface area contributed by atoms with E-state index in [9.17, 15) is 22.4 Å². The van der Waals surface area contributed by atoms with Gasteiger partial charge in [0.25, 0.3) is 0 Å². The molecule has 0 atom stereocenters. The van der Waals surface area contributed by atoms with Gasteiger partial charge in [-0.05, 0) is 43.1 Å². The average molecular weight is 398 g/mol. The number of nitrogens with one attached hydrogen (secondary N) is 2. The fourth-order valence-electron chi connectivity index (χ4n) is 2.79. The number of nitrogens with two attached hydrogens (primary N) is 1. The first kappa shape index (κ1) is 19.8. The maximum absolute atomic E-state index is 13.5. The summed E-state index contributed by atoms with van der Waals surface area (Å²) >= 11 is 0. The molecular weight excluding hydrogens is 380 g/mol. The van der Waals surface area contributed by atoms with E-state index in [1.807, 2.05) is 0 Å². The normalized spacial score (nSPS) is 11.9. The molecule has 0 aliphatic rings. The predicted molar refractivity (Wildman–Crippen MR) is 95.4 cm³/mol. The average Bonchev–Trinajstić information content (AvgIpc) is 2.93. The van der Waals surface area contributed by atoms with Gasteiger partial charge >= 0.3 is 11.9 Å². The number of H-pyrrole nitrogens is 1. The third-order valence-corrected chi connectivity index (χ3v) is 4.13. The van der Waals surface area contributed by atoms with E-state index in [4.69, 9.17) is 5.73 Å². The van der Waals surface area contributed by atoms with Crippen LogP contribution in [0, 0.1) is 5.82 Å². The highest BCUT2D eigenvalue weighted by Crippen LogP contribution is 2.32. The number of alkyl halides is 3. The highest BCUT2D eigenvalue weighted by Gasteiger charge is 2.33. The molecule has 0 radical (unpaired) electrons. The van der Waals surface area contributed by atoms with Crippen molar-refractivity contribution in [2.24, 2.45) is 5.73 Å². The Morgan fingerprint density at radius 1 is 1.25 bits per heavy atom. The van der Waals surface area contributed by atoms with Crippen LogP contribution in [-0.4, -0.2) is 32.6 Å². The van der Waals surface area contributed by atoms with Gasteiger partial charge in [-0.15, -0.1) is 0 Å². The van der Waals surface area contributed by atoms with Gasteiger partial charge in [0.05, 0.1) is 18.3 Å².